The summed E-state index contributed by atoms with van der Waals surface area (Å²) in [6, 6.07) is -3.19. The predicted molar refractivity (Wildman–Crippen MR) is 126 cm³/mol. The number of amides is 5. The quantitative estimate of drug-likeness (QED) is 0.213. The van der Waals surface area contributed by atoms with Gasteiger partial charge in [-0.3, -0.25) is 29.4 Å². The van der Waals surface area contributed by atoms with Crippen LogP contribution < -0.4 is 16.1 Å². The van der Waals surface area contributed by atoms with Crippen molar-refractivity contribution >= 4 is 41.1 Å². The van der Waals surface area contributed by atoms with Gasteiger partial charge in [-0.15, -0.1) is 0 Å². The van der Waals surface area contributed by atoms with Crippen molar-refractivity contribution in [2.75, 3.05) is 19.6 Å². The molecule has 39 heavy (non-hydrogen) atoms. The van der Waals surface area contributed by atoms with Gasteiger partial charge < -0.3 is 15.5 Å². The Labute approximate surface area is 226 Å². The molecule has 2 saturated heterocycles. The third-order valence-corrected chi connectivity index (χ3v) is 7.66. The van der Waals surface area contributed by atoms with Crippen LogP contribution in [-0.2, 0) is 24.0 Å². The van der Waals surface area contributed by atoms with Crippen molar-refractivity contribution in [2.24, 2.45) is 17.8 Å². The smallest absolute Gasteiger partial charge is 0.356 e. The largest absolute Gasteiger partial charge is 0.393 e. The molecule has 2 aliphatic heterocycles. The molecule has 10 nitrogen and oxygen atoms in total. The van der Waals surface area contributed by atoms with Crippen molar-refractivity contribution in [2.45, 2.75) is 75.5 Å². The second-order valence-corrected chi connectivity index (χ2v) is 10.7. The minimum Gasteiger partial charge on any atom is -0.356 e. The van der Waals surface area contributed by atoms with E-state index < -0.39 is 96.4 Å². The highest BCUT2D eigenvalue weighted by Crippen LogP contribution is 2.41. The lowest BCUT2D eigenvalue weighted by Gasteiger charge is -2.33. The first-order chi connectivity index (χ1) is 18.1. The number of hydrazine groups is 1. The molecule has 3 aliphatic rings. The van der Waals surface area contributed by atoms with E-state index in [0.29, 0.717) is 16.3 Å². The Bertz CT molecular complexity index is 995. The molecular formula is C23H31ClF5N5O5. The molecule has 1 saturated carbocycles. The van der Waals surface area contributed by atoms with Gasteiger partial charge >= 0.3 is 6.18 Å². The van der Waals surface area contributed by atoms with Gasteiger partial charge in [0.15, 0.2) is 5.67 Å². The highest BCUT2D eigenvalue weighted by atomic mass is 35.5. The Morgan fingerprint density at radius 3 is 2.38 bits per heavy atom. The first-order valence-corrected chi connectivity index (χ1v) is 13.1. The lowest BCUT2D eigenvalue weighted by Crippen LogP contribution is -2.59. The second kappa shape index (κ2) is 11.8. The molecule has 1 aliphatic carbocycles. The average Bonchev–Trinajstić information content (AvgIpc) is 3.26. The summed E-state index contributed by atoms with van der Waals surface area (Å²) in [6.45, 7) is 2.04. The number of nitrogens with one attached hydrogen (secondary N) is 3. The Morgan fingerprint density at radius 1 is 1.26 bits per heavy atom. The van der Waals surface area contributed by atoms with Gasteiger partial charge in [0.25, 0.3) is 23.4 Å². The Morgan fingerprint density at radius 2 is 1.90 bits per heavy atom. The fraction of sp³-hybridized carbons (Fsp3) is 0.783. The van der Waals surface area contributed by atoms with Crippen LogP contribution in [0.5, 0.6) is 0 Å². The number of carbonyl (C=O) groups excluding carboxylic acids is 5. The highest BCUT2D eigenvalue weighted by Gasteiger charge is 2.55. The van der Waals surface area contributed by atoms with Crippen molar-refractivity contribution < 1.29 is 45.9 Å². The zero-order valence-corrected chi connectivity index (χ0v) is 22.1. The molecule has 0 radical (unpaired) electrons. The van der Waals surface area contributed by atoms with Crippen LogP contribution in [0.15, 0.2) is 0 Å². The molecule has 2 heterocycles. The maximum Gasteiger partial charge on any atom is 0.393 e. The number of halogens is 6. The molecule has 3 fully saturated rings. The summed E-state index contributed by atoms with van der Waals surface area (Å²) in [5.74, 6) is -8.83. The third-order valence-electron chi connectivity index (χ3n) is 7.47. The van der Waals surface area contributed by atoms with Gasteiger partial charge in [-0.05, 0) is 31.6 Å². The van der Waals surface area contributed by atoms with Crippen LogP contribution >= 0.6 is 11.6 Å². The van der Waals surface area contributed by atoms with Crippen LogP contribution in [-0.4, -0.2) is 88.6 Å². The van der Waals surface area contributed by atoms with Gasteiger partial charge in [0.1, 0.15) is 12.1 Å². The lowest BCUT2D eigenvalue weighted by molar-refractivity contribution is -0.171. The van der Waals surface area contributed by atoms with E-state index in [4.69, 9.17) is 11.6 Å². The second-order valence-electron chi connectivity index (χ2n) is 10.3. The van der Waals surface area contributed by atoms with Crippen molar-refractivity contribution in [3.05, 3.63) is 0 Å². The van der Waals surface area contributed by atoms with Crippen LogP contribution in [0, 0.1) is 17.8 Å². The van der Waals surface area contributed by atoms with Crippen LogP contribution in [0.4, 0.5) is 22.0 Å². The fourth-order valence-electron chi connectivity index (χ4n) is 4.59. The van der Waals surface area contributed by atoms with E-state index >= 15 is 0 Å². The minimum absolute atomic E-state index is 0.0514. The number of likely N-dealkylation sites (tertiary alicyclic amines) is 1. The topological polar surface area (TPSA) is 128 Å². The number of rotatable bonds is 9. The van der Waals surface area contributed by atoms with Crippen LogP contribution in [0.25, 0.3) is 0 Å². The summed E-state index contributed by atoms with van der Waals surface area (Å²) in [5.41, 5.74) is -2.74. The van der Waals surface area contributed by atoms with Gasteiger partial charge in [-0.2, -0.15) is 13.2 Å². The summed E-state index contributed by atoms with van der Waals surface area (Å²) < 4.78 is 69.0. The van der Waals surface area contributed by atoms with Crippen LogP contribution in [0.3, 0.4) is 0 Å². The average molecular weight is 588 g/mol. The zero-order valence-electron chi connectivity index (χ0n) is 21.3. The Hall–Kier alpha value is -2.71. The third kappa shape index (κ3) is 7.09. The molecular weight excluding hydrogens is 557 g/mol. The van der Waals surface area contributed by atoms with Gasteiger partial charge in [-0.1, -0.05) is 31.9 Å². The highest BCUT2D eigenvalue weighted by molar-refractivity contribution is 6.29. The molecule has 3 rings (SSSR count). The lowest BCUT2D eigenvalue weighted by atomic mass is 9.97. The monoisotopic (exact) mass is 587 g/mol. The van der Waals surface area contributed by atoms with E-state index in [2.05, 4.69) is 10.6 Å². The fourth-order valence-corrected chi connectivity index (χ4v) is 4.71. The molecule has 6 atom stereocenters. The molecule has 0 aromatic heterocycles. The summed E-state index contributed by atoms with van der Waals surface area (Å²) in [6.07, 6.45) is -5.23. The SMILES string of the molecule is CC[C@H](C)[C@H](NC(=O)C1(F)CC1)C(=O)N1C[C@H](C(F)(F)F)C[C@H]1C(=O)NN(C[C@@H]1CCNC1=O)C(=O)[C@H](F)Cl. The maximum atomic E-state index is 14.3. The number of nitrogens with zero attached hydrogens (tertiary/aromatic N) is 2. The number of hydrogen-bond acceptors (Lipinski definition) is 5. The van der Waals surface area contributed by atoms with Crippen molar-refractivity contribution in [1.29, 1.82) is 0 Å². The molecule has 3 N–H and O–H groups in total. The summed E-state index contributed by atoms with van der Waals surface area (Å²) in [7, 11) is 0. The first kappa shape index (κ1) is 30.8. The standard InChI is InChI=1S/C23H31ClF5N5O5/c1-3-11(2)15(31-21(39)22(26)5-6-22)19(37)33-10-13(23(27,28)29)8-14(33)18(36)32-34(20(38)16(24)25)9-12-4-7-30-17(12)35/h11-16H,3-10H2,1-2H3,(H,30,35)(H,31,39)(H,32,36)/t11-,12-,13+,14-,15-,16-/m0/s1. The Balaban J connectivity index is 1.85. The van der Waals surface area contributed by atoms with Crippen molar-refractivity contribution in [1.82, 2.24) is 26.0 Å². The van der Waals surface area contributed by atoms with Crippen LogP contribution in [0.2, 0.25) is 0 Å². The van der Waals surface area contributed by atoms with E-state index in [-0.39, 0.29) is 25.8 Å². The minimum atomic E-state index is -4.79. The van der Waals surface area contributed by atoms with E-state index in [1.807, 2.05) is 5.43 Å². The van der Waals surface area contributed by atoms with Crippen LogP contribution in [0.1, 0.15) is 46.0 Å². The van der Waals surface area contributed by atoms with Gasteiger partial charge in [0, 0.05) is 13.1 Å². The number of hydrogen-bond donors (Lipinski definition) is 3. The summed E-state index contributed by atoms with van der Waals surface area (Å²) in [4.78, 5) is 63.9. The summed E-state index contributed by atoms with van der Waals surface area (Å²) >= 11 is 5.24. The van der Waals surface area contributed by atoms with Gasteiger partial charge in [0.2, 0.25) is 11.8 Å². The molecule has 16 heteroatoms. The first-order valence-electron chi connectivity index (χ1n) is 12.6. The number of carbonyl (C=O) groups is 5. The zero-order chi connectivity index (χ0) is 29.3. The Kier molecular flexibility index (Phi) is 9.33. The van der Waals surface area contributed by atoms with Crippen molar-refractivity contribution in [3.8, 4) is 0 Å². The molecule has 0 bridgehead atoms. The maximum absolute atomic E-state index is 14.3. The molecule has 0 spiro atoms. The van der Waals surface area contributed by atoms with E-state index in [0.717, 1.165) is 0 Å². The molecule has 220 valence electrons. The van der Waals surface area contributed by atoms with E-state index in [1.54, 1.807) is 13.8 Å². The molecule has 5 amide bonds. The van der Waals surface area contributed by atoms with Gasteiger partial charge in [-0.25, -0.2) is 13.8 Å². The predicted octanol–water partition coefficient (Wildman–Crippen LogP) is 1.33. The normalized spacial score (nSPS) is 26.3. The van der Waals surface area contributed by atoms with Gasteiger partial charge in [0.05, 0.1) is 18.4 Å². The van der Waals surface area contributed by atoms with E-state index in [1.165, 1.54) is 0 Å². The molecule has 0 aromatic rings. The summed E-state index contributed by atoms with van der Waals surface area (Å²) in [5, 5.41) is 5.22. The molecule has 0 unspecified atom stereocenters. The van der Waals surface area contributed by atoms with Crippen molar-refractivity contribution in [3.63, 3.8) is 0 Å². The molecule has 0 aromatic carbocycles. The number of alkyl halides is 6. The van der Waals surface area contributed by atoms with E-state index in [9.17, 15) is 45.9 Å².